The number of amides is 1. The zero-order valence-electron chi connectivity index (χ0n) is 19.1. The molecule has 0 saturated heterocycles. The number of carbonyl (C=O) groups is 1. The average molecular weight is 507 g/mol. The van der Waals surface area contributed by atoms with Gasteiger partial charge in [0.05, 0.1) is 25.7 Å². The first-order valence-corrected chi connectivity index (χ1v) is 13.1. The summed E-state index contributed by atoms with van der Waals surface area (Å²) in [6.07, 6.45) is 1.88. The van der Waals surface area contributed by atoms with E-state index in [1.54, 1.807) is 31.4 Å². The van der Waals surface area contributed by atoms with E-state index in [0.29, 0.717) is 34.5 Å². The summed E-state index contributed by atoms with van der Waals surface area (Å²) in [5.74, 6) is 1.55. The summed E-state index contributed by atoms with van der Waals surface area (Å²) >= 11 is 1.30. The highest BCUT2D eigenvalue weighted by Crippen LogP contribution is 2.35. The van der Waals surface area contributed by atoms with E-state index in [2.05, 4.69) is 14.5 Å². The molecule has 0 aliphatic carbocycles. The predicted molar refractivity (Wildman–Crippen MR) is 131 cm³/mol. The van der Waals surface area contributed by atoms with Crippen molar-refractivity contribution in [2.75, 3.05) is 38.5 Å². The second-order valence-corrected chi connectivity index (χ2v) is 9.60. The molecule has 0 atom stereocenters. The molecule has 0 spiro atoms. The second-order valence-electron chi connectivity index (χ2n) is 7.10. The molecular formula is C23H26N2O7S2. The minimum atomic E-state index is -3.50. The fraction of sp³-hybridized carbons (Fsp3) is 0.304. The molecule has 1 N–H and O–H groups in total. The SMILES string of the molecule is CCCOc1ccc(OC)c(-c2csc(NC(=O)c3ccc(OCCOS(C)(=O)=O)cc3)n2)c1. The topological polar surface area (TPSA) is 113 Å². The summed E-state index contributed by atoms with van der Waals surface area (Å²) in [6, 6.07) is 12.0. The van der Waals surface area contributed by atoms with E-state index in [4.69, 9.17) is 14.2 Å². The number of ether oxygens (including phenoxy) is 3. The van der Waals surface area contributed by atoms with Gasteiger partial charge in [0.15, 0.2) is 5.13 Å². The molecular weight excluding hydrogens is 480 g/mol. The minimum Gasteiger partial charge on any atom is -0.496 e. The molecule has 0 saturated carbocycles. The first kappa shape index (κ1) is 25.5. The number of aromatic nitrogens is 1. The van der Waals surface area contributed by atoms with E-state index in [0.717, 1.165) is 24.0 Å². The first-order chi connectivity index (χ1) is 16.3. The lowest BCUT2D eigenvalue weighted by molar-refractivity contribution is 0.102. The van der Waals surface area contributed by atoms with Crippen LogP contribution in [0.15, 0.2) is 47.8 Å². The number of nitrogens with one attached hydrogen (secondary N) is 1. The van der Waals surface area contributed by atoms with Crippen molar-refractivity contribution in [1.82, 2.24) is 4.98 Å². The van der Waals surface area contributed by atoms with Gasteiger partial charge in [-0.05, 0) is 48.9 Å². The quantitative estimate of drug-likeness (QED) is 0.287. The molecule has 0 bridgehead atoms. The number of nitrogens with zero attached hydrogens (tertiary/aromatic N) is 1. The molecule has 1 amide bonds. The summed E-state index contributed by atoms with van der Waals surface area (Å²) in [5, 5.41) is 5.08. The third kappa shape index (κ3) is 7.44. The molecule has 0 fully saturated rings. The van der Waals surface area contributed by atoms with E-state index in [1.165, 1.54) is 11.3 Å². The van der Waals surface area contributed by atoms with Crippen molar-refractivity contribution in [2.24, 2.45) is 0 Å². The van der Waals surface area contributed by atoms with E-state index in [1.807, 2.05) is 30.5 Å². The predicted octanol–water partition coefficient (Wildman–Crippen LogP) is 4.21. The van der Waals surface area contributed by atoms with Gasteiger partial charge in [-0.2, -0.15) is 8.42 Å². The Morgan fingerprint density at radius 3 is 2.41 bits per heavy atom. The maximum atomic E-state index is 12.6. The van der Waals surface area contributed by atoms with Gasteiger partial charge in [-0.3, -0.25) is 14.3 Å². The Labute approximate surface area is 202 Å². The standard InChI is InChI=1S/C23H26N2O7S2/c1-4-11-30-18-9-10-21(29-2)19(14-18)20-15-33-23(24-20)25-22(26)16-5-7-17(8-6-16)31-12-13-32-34(3,27)28/h5-10,14-15H,4,11-13H2,1-3H3,(H,24,25,26). The second kappa shape index (κ2) is 11.8. The lowest BCUT2D eigenvalue weighted by Crippen LogP contribution is -2.12. The highest BCUT2D eigenvalue weighted by atomic mass is 32.2. The molecule has 0 radical (unpaired) electrons. The number of thiazole rings is 1. The molecule has 182 valence electrons. The summed E-state index contributed by atoms with van der Waals surface area (Å²) in [5.41, 5.74) is 1.86. The molecule has 2 aromatic carbocycles. The normalized spacial score (nSPS) is 11.1. The van der Waals surface area contributed by atoms with Gasteiger partial charge in [-0.15, -0.1) is 11.3 Å². The molecule has 11 heteroatoms. The van der Waals surface area contributed by atoms with Crippen LogP contribution in [0.3, 0.4) is 0 Å². The van der Waals surface area contributed by atoms with E-state index in [-0.39, 0.29) is 19.1 Å². The Morgan fingerprint density at radius 1 is 1.03 bits per heavy atom. The Kier molecular flexibility index (Phi) is 8.85. The molecule has 3 aromatic rings. The van der Waals surface area contributed by atoms with Crippen molar-refractivity contribution in [2.45, 2.75) is 13.3 Å². The number of methoxy groups -OCH3 is 1. The maximum Gasteiger partial charge on any atom is 0.264 e. The highest BCUT2D eigenvalue weighted by Gasteiger charge is 2.14. The molecule has 1 aromatic heterocycles. The largest absolute Gasteiger partial charge is 0.496 e. The van der Waals surface area contributed by atoms with Crippen molar-refractivity contribution >= 4 is 32.5 Å². The number of anilines is 1. The summed E-state index contributed by atoms with van der Waals surface area (Å²) < 4.78 is 43.1. The fourth-order valence-corrected chi connectivity index (χ4v) is 3.94. The summed E-state index contributed by atoms with van der Waals surface area (Å²) in [7, 11) is -1.91. The third-order valence-corrected chi connectivity index (χ3v) is 5.76. The van der Waals surface area contributed by atoms with E-state index < -0.39 is 10.1 Å². The maximum absolute atomic E-state index is 12.6. The van der Waals surface area contributed by atoms with Crippen LogP contribution in [0.2, 0.25) is 0 Å². The van der Waals surface area contributed by atoms with Gasteiger partial charge in [-0.1, -0.05) is 6.92 Å². The lowest BCUT2D eigenvalue weighted by atomic mass is 10.1. The number of hydrogen-bond acceptors (Lipinski definition) is 9. The van der Waals surface area contributed by atoms with Gasteiger partial charge >= 0.3 is 0 Å². The Morgan fingerprint density at radius 2 is 1.74 bits per heavy atom. The number of hydrogen-bond donors (Lipinski definition) is 1. The number of carbonyl (C=O) groups excluding carboxylic acids is 1. The van der Waals surface area contributed by atoms with Gasteiger partial charge in [0.25, 0.3) is 16.0 Å². The van der Waals surface area contributed by atoms with Gasteiger partial charge < -0.3 is 14.2 Å². The van der Waals surface area contributed by atoms with Crippen molar-refractivity contribution in [3.8, 4) is 28.5 Å². The van der Waals surface area contributed by atoms with Crippen LogP contribution in [0.4, 0.5) is 5.13 Å². The van der Waals surface area contributed by atoms with Crippen molar-refractivity contribution in [3.05, 3.63) is 53.4 Å². The van der Waals surface area contributed by atoms with Gasteiger partial charge in [0.1, 0.15) is 30.5 Å². The molecule has 0 unspecified atom stereocenters. The van der Waals surface area contributed by atoms with Gasteiger partial charge in [0.2, 0.25) is 0 Å². The van der Waals surface area contributed by atoms with Crippen LogP contribution in [0.25, 0.3) is 11.3 Å². The van der Waals surface area contributed by atoms with E-state index >= 15 is 0 Å². The van der Waals surface area contributed by atoms with Gasteiger partial charge in [0, 0.05) is 16.5 Å². The van der Waals surface area contributed by atoms with Crippen LogP contribution in [-0.2, 0) is 14.3 Å². The van der Waals surface area contributed by atoms with Crippen molar-refractivity contribution < 1.29 is 31.6 Å². The van der Waals surface area contributed by atoms with Crippen molar-refractivity contribution in [1.29, 1.82) is 0 Å². The Bertz CT molecular complexity index is 1210. The third-order valence-electron chi connectivity index (χ3n) is 4.41. The van der Waals surface area contributed by atoms with Crippen LogP contribution >= 0.6 is 11.3 Å². The lowest BCUT2D eigenvalue weighted by Gasteiger charge is -2.10. The van der Waals surface area contributed by atoms with E-state index in [9.17, 15) is 13.2 Å². The Balaban J connectivity index is 1.62. The van der Waals surface area contributed by atoms with Crippen LogP contribution in [0.1, 0.15) is 23.7 Å². The average Bonchev–Trinajstić information content (AvgIpc) is 3.28. The smallest absolute Gasteiger partial charge is 0.264 e. The minimum absolute atomic E-state index is 0.0641. The molecule has 0 aliphatic rings. The van der Waals surface area contributed by atoms with Crippen LogP contribution in [0, 0.1) is 0 Å². The number of benzene rings is 2. The number of rotatable bonds is 12. The monoisotopic (exact) mass is 506 g/mol. The highest BCUT2D eigenvalue weighted by molar-refractivity contribution is 7.85. The molecule has 34 heavy (non-hydrogen) atoms. The van der Waals surface area contributed by atoms with Crippen LogP contribution < -0.4 is 19.5 Å². The first-order valence-electron chi connectivity index (χ1n) is 10.4. The zero-order chi connectivity index (χ0) is 24.6. The zero-order valence-corrected chi connectivity index (χ0v) is 20.7. The van der Waals surface area contributed by atoms with Crippen LogP contribution in [-0.4, -0.2) is 52.5 Å². The Hall–Kier alpha value is -3.15. The summed E-state index contributed by atoms with van der Waals surface area (Å²) in [4.78, 5) is 17.1. The van der Waals surface area contributed by atoms with Crippen molar-refractivity contribution in [3.63, 3.8) is 0 Å². The van der Waals surface area contributed by atoms with Gasteiger partial charge in [-0.25, -0.2) is 4.98 Å². The fourth-order valence-electron chi connectivity index (χ4n) is 2.87. The molecule has 1 heterocycles. The van der Waals surface area contributed by atoms with Crippen LogP contribution in [0.5, 0.6) is 17.2 Å². The molecule has 0 aliphatic heterocycles. The summed E-state index contributed by atoms with van der Waals surface area (Å²) in [6.45, 7) is 2.63. The molecule has 3 rings (SSSR count). The molecule has 9 nitrogen and oxygen atoms in total.